The third kappa shape index (κ3) is 4.00. The van der Waals surface area contributed by atoms with Crippen LogP contribution in [-0.4, -0.2) is 22.8 Å². The Labute approximate surface area is 159 Å². The van der Waals surface area contributed by atoms with Crippen molar-refractivity contribution in [2.75, 3.05) is 0 Å². The van der Waals surface area contributed by atoms with Gasteiger partial charge in [0.15, 0.2) is 0 Å². The van der Waals surface area contributed by atoms with Crippen molar-refractivity contribution in [1.82, 2.24) is 15.6 Å². The molecular formula is C19H17N3O2S2. The van der Waals surface area contributed by atoms with Gasteiger partial charge in [0.2, 0.25) is 0 Å². The van der Waals surface area contributed by atoms with E-state index in [1.54, 1.807) is 28.8 Å². The van der Waals surface area contributed by atoms with Gasteiger partial charge in [-0.2, -0.15) is 0 Å². The van der Waals surface area contributed by atoms with Crippen molar-refractivity contribution in [1.29, 1.82) is 0 Å². The van der Waals surface area contributed by atoms with E-state index in [-0.39, 0.29) is 11.8 Å². The number of hydrogen-bond acceptors (Lipinski definition) is 5. The van der Waals surface area contributed by atoms with Crippen LogP contribution >= 0.6 is 22.7 Å². The predicted molar refractivity (Wildman–Crippen MR) is 104 cm³/mol. The molecule has 0 spiro atoms. The monoisotopic (exact) mass is 383 g/mol. The van der Waals surface area contributed by atoms with Crippen LogP contribution in [0.1, 0.15) is 39.3 Å². The Morgan fingerprint density at radius 3 is 2.58 bits per heavy atom. The van der Waals surface area contributed by atoms with Crippen molar-refractivity contribution in [2.24, 2.45) is 0 Å². The highest BCUT2D eigenvalue weighted by Crippen LogP contribution is 2.27. The lowest BCUT2D eigenvalue weighted by Gasteiger charge is -2.06. The van der Waals surface area contributed by atoms with E-state index >= 15 is 0 Å². The van der Waals surface area contributed by atoms with Gasteiger partial charge < -0.3 is 10.6 Å². The van der Waals surface area contributed by atoms with Gasteiger partial charge in [-0.05, 0) is 42.0 Å². The fraction of sp³-hybridized carbons (Fsp3) is 0.211. The molecular weight excluding hydrogens is 366 g/mol. The van der Waals surface area contributed by atoms with Crippen LogP contribution in [0.2, 0.25) is 0 Å². The fourth-order valence-electron chi connectivity index (χ4n) is 2.43. The molecule has 1 aliphatic carbocycles. The molecule has 0 bridgehead atoms. The van der Waals surface area contributed by atoms with Gasteiger partial charge in [0.05, 0.1) is 4.88 Å². The summed E-state index contributed by atoms with van der Waals surface area (Å²) in [7, 11) is 0. The van der Waals surface area contributed by atoms with Crippen molar-refractivity contribution in [3.8, 4) is 9.88 Å². The Hall–Kier alpha value is -2.51. The van der Waals surface area contributed by atoms with Crippen molar-refractivity contribution in [3.63, 3.8) is 0 Å². The van der Waals surface area contributed by atoms with Gasteiger partial charge in [-0.15, -0.1) is 22.7 Å². The first-order chi connectivity index (χ1) is 12.7. The first-order valence-corrected chi connectivity index (χ1v) is 10.1. The Morgan fingerprint density at radius 1 is 1.08 bits per heavy atom. The molecule has 0 atom stereocenters. The highest BCUT2D eigenvalue weighted by Gasteiger charge is 2.23. The van der Waals surface area contributed by atoms with Crippen LogP contribution in [0.25, 0.3) is 9.88 Å². The number of rotatable bonds is 6. The van der Waals surface area contributed by atoms with Crippen molar-refractivity contribution in [3.05, 3.63) is 64.0 Å². The van der Waals surface area contributed by atoms with Gasteiger partial charge in [-0.3, -0.25) is 9.59 Å². The Kier molecular flexibility index (Phi) is 4.81. The summed E-state index contributed by atoms with van der Waals surface area (Å²) in [6.45, 7) is 0.398. The second-order valence-corrected chi connectivity index (χ2v) is 7.95. The van der Waals surface area contributed by atoms with Crippen LogP contribution in [0.3, 0.4) is 0 Å². The van der Waals surface area contributed by atoms with Crippen molar-refractivity contribution in [2.45, 2.75) is 25.4 Å². The highest BCUT2D eigenvalue weighted by molar-refractivity contribution is 7.20. The summed E-state index contributed by atoms with van der Waals surface area (Å²) in [5.41, 5.74) is 2.01. The van der Waals surface area contributed by atoms with Gasteiger partial charge in [-0.1, -0.05) is 18.2 Å². The first-order valence-electron chi connectivity index (χ1n) is 8.36. The van der Waals surface area contributed by atoms with Crippen molar-refractivity contribution >= 4 is 34.5 Å². The summed E-state index contributed by atoms with van der Waals surface area (Å²) in [5, 5.41) is 10.5. The van der Waals surface area contributed by atoms with Crippen molar-refractivity contribution < 1.29 is 9.59 Å². The normalized spacial score (nSPS) is 13.4. The van der Waals surface area contributed by atoms with Crippen LogP contribution in [0.15, 0.2) is 47.2 Å². The maximum absolute atomic E-state index is 12.3. The average molecular weight is 383 g/mol. The van der Waals surface area contributed by atoms with E-state index in [1.165, 1.54) is 11.3 Å². The molecule has 132 valence electrons. The highest BCUT2D eigenvalue weighted by atomic mass is 32.1. The molecule has 1 aliphatic rings. The molecule has 4 rings (SSSR count). The smallest absolute Gasteiger partial charge is 0.271 e. The van der Waals surface area contributed by atoms with Crippen LogP contribution in [-0.2, 0) is 6.54 Å². The molecule has 2 amide bonds. The first kappa shape index (κ1) is 16.9. The number of nitrogens with one attached hydrogen (secondary N) is 2. The molecule has 5 nitrogen and oxygen atoms in total. The molecule has 1 saturated carbocycles. The molecule has 7 heteroatoms. The number of thiazole rings is 1. The van der Waals surface area contributed by atoms with Gasteiger partial charge in [-0.25, -0.2) is 4.98 Å². The molecule has 1 aromatic carbocycles. The lowest BCUT2D eigenvalue weighted by Crippen LogP contribution is -2.25. The largest absolute Gasteiger partial charge is 0.349 e. The van der Waals surface area contributed by atoms with E-state index < -0.39 is 0 Å². The summed E-state index contributed by atoms with van der Waals surface area (Å²) >= 11 is 3.07. The number of carbonyl (C=O) groups is 2. The topological polar surface area (TPSA) is 71.1 Å². The molecule has 2 N–H and O–H groups in total. The number of benzene rings is 1. The average Bonchev–Trinajstić information content (AvgIpc) is 3.14. The summed E-state index contributed by atoms with van der Waals surface area (Å²) in [4.78, 5) is 29.7. The zero-order valence-corrected chi connectivity index (χ0v) is 15.5. The van der Waals surface area contributed by atoms with E-state index in [4.69, 9.17) is 0 Å². The fourth-order valence-corrected chi connectivity index (χ4v) is 4.05. The molecule has 2 aromatic heterocycles. The Bertz CT molecular complexity index is 913. The number of amides is 2. The molecule has 0 aliphatic heterocycles. The number of thiophene rings is 1. The lowest BCUT2D eigenvalue weighted by atomic mass is 10.1. The zero-order valence-electron chi connectivity index (χ0n) is 13.9. The summed E-state index contributed by atoms with van der Waals surface area (Å²) in [6, 6.07) is 11.6. The SMILES string of the molecule is O=C(NC1CC1)c1ccc(CNC(=O)c2csc(-c3cccs3)n2)cc1. The summed E-state index contributed by atoms with van der Waals surface area (Å²) in [5.74, 6) is -0.230. The third-order valence-corrected chi connectivity index (χ3v) is 5.93. The van der Waals surface area contributed by atoms with E-state index in [0.29, 0.717) is 23.8 Å². The number of nitrogens with zero attached hydrogens (tertiary/aromatic N) is 1. The minimum Gasteiger partial charge on any atom is -0.349 e. The second-order valence-electron chi connectivity index (χ2n) is 6.14. The van der Waals surface area contributed by atoms with E-state index in [2.05, 4.69) is 15.6 Å². The number of carbonyl (C=O) groups excluding carboxylic acids is 2. The molecule has 1 fully saturated rings. The summed E-state index contributed by atoms with van der Waals surface area (Å²) in [6.07, 6.45) is 2.14. The van der Waals surface area contributed by atoms with Gasteiger partial charge in [0, 0.05) is 23.5 Å². The van der Waals surface area contributed by atoms with E-state index in [9.17, 15) is 9.59 Å². The standard InChI is InChI=1S/C19H17N3O2S2/c23-17(21-14-7-8-14)13-5-3-12(4-6-13)10-20-18(24)15-11-26-19(22-15)16-2-1-9-25-16/h1-6,9,11,14H,7-8,10H2,(H,20,24)(H,21,23). The maximum atomic E-state index is 12.3. The van der Waals surface area contributed by atoms with Gasteiger partial charge >= 0.3 is 0 Å². The molecule has 0 radical (unpaired) electrons. The molecule has 26 heavy (non-hydrogen) atoms. The number of hydrogen-bond donors (Lipinski definition) is 2. The zero-order chi connectivity index (χ0) is 17.9. The van der Waals surface area contributed by atoms with E-state index in [1.807, 2.05) is 29.6 Å². The van der Waals surface area contributed by atoms with Crippen LogP contribution in [0, 0.1) is 0 Å². The minimum atomic E-state index is -0.195. The van der Waals surface area contributed by atoms with Crippen LogP contribution in [0.4, 0.5) is 0 Å². The van der Waals surface area contributed by atoms with Crippen LogP contribution in [0.5, 0.6) is 0 Å². The third-order valence-electron chi connectivity index (χ3n) is 4.05. The second kappa shape index (κ2) is 7.39. The summed E-state index contributed by atoms with van der Waals surface area (Å²) < 4.78 is 0. The predicted octanol–water partition coefficient (Wildman–Crippen LogP) is 3.69. The van der Waals surface area contributed by atoms with Gasteiger partial charge in [0.25, 0.3) is 11.8 Å². The Morgan fingerprint density at radius 2 is 1.88 bits per heavy atom. The maximum Gasteiger partial charge on any atom is 0.271 e. The van der Waals surface area contributed by atoms with Crippen LogP contribution < -0.4 is 10.6 Å². The van der Waals surface area contributed by atoms with Gasteiger partial charge in [0.1, 0.15) is 10.7 Å². The lowest BCUT2D eigenvalue weighted by molar-refractivity contribution is 0.0939. The quantitative estimate of drug-likeness (QED) is 0.682. The minimum absolute atomic E-state index is 0.0355. The molecule has 2 heterocycles. The molecule has 3 aromatic rings. The Balaban J connectivity index is 1.33. The molecule has 0 unspecified atom stereocenters. The molecule has 0 saturated heterocycles. The van der Waals surface area contributed by atoms with E-state index in [0.717, 1.165) is 28.3 Å². The number of aromatic nitrogens is 1.